The molecule has 0 aromatic heterocycles. The third-order valence-corrected chi connectivity index (χ3v) is 6.44. The minimum Gasteiger partial charge on any atom is -0.480 e. The predicted octanol–water partition coefficient (Wildman–Crippen LogP) is 2.91. The highest BCUT2D eigenvalue weighted by atomic mass is 16.5. The van der Waals surface area contributed by atoms with Crippen LogP contribution in [0.2, 0.25) is 0 Å². The lowest BCUT2D eigenvalue weighted by atomic mass is 9.98. The first-order valence-electron chi connectivity index (χ1n) is 11.3. The number of alkyl carbamates (subject to hydrolysis) is 1. The van der Waals surface area contributed by atoms with Crippen LogP contribution >= 0.6 is 0 Å². The van der Waals surface area contributed by atoms with Gasteiger partial charge in [0.2, 0.25) is 5.91 Å². The second-order valence-corrected chi connectivity index (χ2v) is 8.62. The SMILES string of the molecule is C=CCCC(NC(=O)OCC1c2ccccc2-c2ccccc21)C(=O)N1C[C@@H](O)C[C@H]1C(=O)O. The van der Waals surface area contributed by atoms with Gasteiger partial charge >= 0.3 is 12.1 Å². The molecule has 4 rings (SSSR count). The summed E-state index contributed by atoms with van der Waals surface area (Å²) in [7, 11) is 0. The first-order chi connectivity index (χ1) is 16.4. The van der Waals surface area contributed by atoms with Crippen molar-refractivity contribution in [2.24, 2.45) is 0 Å². The normalized spacial score (nSPS) is 19.7. The Kier molecular flexibility index (Phi) is 6.98. The number of allylic oxidation sites excluding steroid dienone is 1. The number of aliphatic carboxylic acids is 1. The highest BCUT2D eigenvalue weighted by Gasteiger charge is 2.41. The number of aliphatic hydroxyl groups excluding tert-OH is 1. The van der Waals surface area contributed by atoms with Crippen molar-refractivity contribution in [3.05, 3.63) is 72.3 Å². The Bertz CT molecular complexity index is 1050. The van der Waals surface area contributed by atoms with E-state index in [0.717, 1.165) is 27.2 Å². The van der Waals surface area contributed by atoms with Gasteiger partial charge < -0.3 is 25.2 Å². The van der Waals surface area contributed by atoms with Crippen LogP contribution in [0.3, 0.4) is 0 Å². The average Bonchev–Trinajstić information content (AvgIpc) is 3.38. The molecule has 1 aliphatic heterocycles. The number of carboxylic acid groups (broad SMARTS) is 1. The minimum atomic E-state index is -1.19. The molecule has 178 valence electrons. The maximum Gasteiger partial charge on any atom is 0.407 e. The van der Waals surface area contributed by atoms with Crippen LogP contribution in [0, 0.1) is 0 Å². The van der Waals surface area contributed by atoms with Gasteiger partial charge in [-0.05, 0) is 35.1 Å². The molecule has 1 aliphatic carbocycles. The molecule has 0 spiro atoms. The zero-order chi connectivity index (χ0) is 24.2. The summed E-state index contributed by atoms with van der Waals surface area (Å²) in [6.07, 6.45) is 0.586. The zero-order valence-electron chi connectivity index (χ0n) is 18.7. The van der Waals surface area contributed by atoms with E-state index in [1.165, 1.54) is 0 Å². The third-order valence-electron chi connectivity index (χ3n) is 6.44. The van der Waals surface area contributed by atoms with Crippen molar-refractivity contribution in [1.82, 2.24) is 10.2 Å². The second kappa shape index (κ2) is 10.1. The Labute approximate surface area is 197 Å². The standard InChI is InChI=1S/C26H28N2O6/c1-2-3-12-22(24(30)28-14-16(29)13-23(28)25(31)32)27-26(33)34-15-21-19-10-6-4-8-17(19)18-9-5-7-11-20(18)21/h2,4-11,16,21-23,29H,1,3,12-15H2,(H,27,33)(H,31,32)/t16-,22?,23-/m0/s1. The monoisotopic (exact) mass is 464 g/mol. The van der Waals surface area contributed by atoms with Crippen LogP contribution < -0.4 is 5.32 Å². The molecular formula is C26H28N2O6. The number of ether oxygens (including phenoxy) is 1. The molecule has 1 saturated heterocycles. The number of likely N-dealkylation sites (tertiary alicyclic amines) is 1. The van der Waals surface area contributed by atoms with Gasteiger partial charge in [-0.2, -0.15) is 0 Å². The van der Waals surface area contributed by atoms with Gasteiger partial charge in [-0.3, -0.25) is 4.79 Å². The molecule has 0 saturated carbocycles. The fraction of sp³-hybridized carbons (Fsp3) is 0.346. The molecule has 1 heterocycles. The largest absolute Gasteiger partial charge is 0.480 e. The Morgan fingerprint density at radius 3 is 2.32 bits per heavy atom. The molecule has 34 heavy (non-hydrogen) atoms. The van der Waals surface area contributed by atoms with E-state index in [9.17, 15) is 24.6 Å². The van der Waals surface area contributed by atoms with Crippen LogP contribution in [0.1, 0.15) is 36.3 Å². The smallest absolute Gasteiger partial charge is 0.407 e. The highest BCUT2D eigenvalue weighted by Crippen LogP contribution is 2.44. The average molecular weight is 465 g/mol. The number of nitrogens with zero attached hydrogens (tertiary/aromatic N) is 1. The lowest BCUT2D eigenvalue weighted by molar-refractivity contribution is -0.149. The molecule has 2 aliphatic rings. The van der Waals surface area contributed by atoms with Crippen molar-refractivity contribution >= 4 is 18.0 Å². The summed E-state index contributed by atoms with van der Waals surface area (Å²) in [5.74, 6) is -1.86. The minimum absolute atomic E-state index is 0.0415. The molecule has 1 unspecified atom stereocenters. The first kappa shape index (κ1) is 23.5. The van der Waals surface area contributed by atoms with E-state index in [4.69, 9.17) is 4.74 Å². The van der Waals surface area contributed by atoms with E-state index in [-0.39, 0.29) is 31.9 Å². The van der Waals surface area contributed by atoms with E-state index in [2.05, 4.69) is 11.9 Å². The Morgan fingerprint density at radius 1 is 1.12 bits per heavy atom. The number of carbonyl (C=O) groups excluding carboxylic acids is 2. The van der Waals surface area contributed by atoms with Gasteiger partial charge in [0.15, 0.2) is 0 Å². The Hall–Kier alpha value is -3.65. The first-order valence-corrected chi connectivity index (χ1v) is 11.3. The maximum absolute atomic E-state index is 13.1. The number of amides is 2. The highest BCUT2D eigenvalue weighted by molar-refractivity contribution is 5.90. The molecule has 8 heteroatoms. The fourth-order valence-corrected chi connectivity index (χ4v) is 4.82. The molecule has 0 radical (unpaired) electrons. The number of carboxylic acids is 1. The van der Waals surface area contributed by atoms with Gasteiger partial charge in [-0.1, -0.05) is 54.6 Å². The van der Waals surface area contributed by atoms with Crippen molar-refractivity contribution in [3.8, 4) is 11.1 Å². The number of hydrogen-bond donors (Lipinski definition) is 3. The van der Waals surface area contributed by atoms with E-state index in [0.29, 0.717) is 6.42 Å². The lowest BCUT2D eigenvalue weighted by Gasteiger charge is -2.27. The van der Waals surface area contributed by atoms with E-state index >= 15 is 0 Å². The number of nitrogens with one attached hydrogen (secondary N) is 1. The second-order valence-electron chi connectivity index (χ2n) is 8.62. The van der Waals surface area contributed by atoms with Crippen LogP contribution in [-0.4, -0.2) is 64.4 Å². The predicted molar refractivity (Wildman–Crippen MR) is 125 cm³/mol. The molecule has 3 atom stereocenters. The molecule has 1 fully saturated rings. The number of fused-ring (bicyclic) bond motifs is 3. The lowest BCUT2D eigenvalue weighted by Crippen LogP contribution is -2.52. The molecule has 3 N–H and O–H groups in total. The van der Waals surface area contributed by atoms with E-state index < -0.39 is 36.2 Å². The van der Waals surface area contributed by atoms with Crippen molar-refractivity contribution in [1.29, 1.82) is 0 Å². The van der Waals surface area contributed by atoms with Crippen molar-refractivity contribution in [2.75, 3.05) is 13.2 Å². The van der Waals surface area contributed by atoms with Crippen molar-refractivity contribution < 1.29 is 29.3 Å². The Morgan fingerprint density at radius 2 is 1.74 bits per heavy atom. The van der Waals surface area contributed by atoms with Crippen LogP contribution in [0.5, 0.6) is 0 Å². The number of β-amino-alcohol motifs (C(OH)–C–C–N with tert-alkyl or cyclic N) is 1. The number of rotatable bonds is 8. The third kappa shape index (κ3) is 4.68. The van der Waals surface area contributed by atoms with Crippen LogP contribution in [0.25, 0.3) is 11.1 Å². The van der Waals surface area contributed by atoms with Gasteiger partial charge in [0.25, 0.3) is 0 Å². The molecular weight excluding hydrogens is 436 g/mol. The number of benzene rings is 2. The van der Waals surface area contributed by atoms with Crippen LogP contribution in [-0.2, 0) is 14.3 Å². The summed E-state index contributed by atoms with van der Waals surface area (Å²) in [6, 6.07) is 13.9. The van der Waals surface area contributed by atoms with Crippen LogP contribution in [0.4, 0.5) is 4.79 Å². The summed E-state index contributed by atoms with van der Waals surface area (Å²) in [5.41, 5.74) is 4.37. The van der Waals surface area contributed by atoms with E-state index in [1.54, 1.807) is 6.08 Å². The van der Waals surface area contributed by atoms with Crippen LogP contribution in [0.15, 0.2) is 61.2 Å². The topological polar surface area (TPSA) is 116 Å². The van der Waals surface area contributed by atoms with Crippen molar-refractivity contribution in [3.63, 3.8) is 0 Å². The van der Waals surface area contributed by atoms with Gasteiger partial charge in [0.1, 0.15) is 18.7 Å². The summed E-state index contributed by atoms with van der Waals surface area (Å²) in [4.78, 5) is 38.4. The fourth-order valence-electron chi connectivity index (χ4n) is 4.82. The van der Waals surface area contributed by atoms with Gasteiger partial charge in [-0.25, -0.2) is 9.59 Å². The van der Waals surface area contributed by atoms with Gasteiger partial charge in [0, 0.05) is 18.9 Å². The molecule has 2 aromatic carbocycles. The molecule has 0 bridgehead atoms. The number of aliphatic hydroxyl groups is 1. The summed E-state index contributed by atoms with van der Waals surface area (Å²) < 4.78 is 5.55. The molecule has 8 nitrogen and oxygen atoms in total. The molecule has 2 aromatic rings. The van der Waals surface area contributed by atoms with Gasteiger partial charge in [0.05, 0.1) is 6.10 Å². The van der Waals surface area contributed by atoms with E-state index in [1.807, 2.05) is 48.5 Å². The number of carbonyl (C=O) groups is 3. The van der Waals surface area contributed by atoms with Crippen molar-refractivity contribution in [2.45, 2.75) is 43.4 Å². The maximum atomic E-state index is 13.1. The summed E-state index contributed by atoms with van der Waals surface area (Å²) in [5, 5.41) is 21.9. The quantitative estimate of drug-likeness (QED) is 0.518. The number of hydrogen-bond acceptors (Lipinski definition) is 5. The molecule has 2 amide bonds. The Balaban J connectivity index is 1.44. The zero-order valence-corrected chi connectivity index (χ0v) is 18.7. The summed E-state index contributed by atoms with van der Waals surface area (Å²) in [6.45, 7) is 3.66. The van der Waals surface area contributed by atoms with Gasteiger partial charge in [-0.15, -0.1) is 6.58 Å². The summed E-state index contributed by atoms with van der Waals surface area (Å²) >= 11 is 0.